The Kier molecular flexibility index (Phi) is 5.52. The Balaban J connectivity index is 2.05. The molecule has 2 nitrogen and oxygen atoms in total. The number of thioether (sulfide) groups is 1. The Bertz CT molecular complexity index is 588. The molecule has 0 spiro atoms. The first-order chi connectivity index (χ1) is 9.61. The third kappa shape index (κ3) is 3.78. The average Bonchev–Trinajstić information content (AvgIpc) is 2.46. The number of halogens is 1. The number of hydrogen-bond donors (Lipinski definition) is 1. The predicted octanol–water partition coefficient (Wildman–Crippen LogP) is 4.56. The van der Waals surface area contributed by atoms with Crippen molar-refractivity contribution < 1.29 is 4.74 Å². The summed E-state index contributed by atoms with van der Waals surface area (Å²) in [6.07, 6.45) is 0. The Hall–Kier alpha value is -0.970. The number of hydrogen-bond acceptors (Lipinski definition) is 3. The number of methoxy groups -OCH3 is 1. The minimum absolute atomic E-state index is 0.0120. The van der Waals surface area contributed by atoms with Gasteiger partial charge in [-0.2, -0.15) is 0 Å². The van der Waals surface area contributed by atoms with E-state index in [4.69, 9.17) is 10.5 Å². The van der Waals surface area contributed by atoms with Crippen LogP contribution in [0.3, 0.4) is 0 Å². The Morgan fingerprint density at radius 2 is 2.00 bits per heavy atom. The quantitative estimate of drug-likeness (QED) is 0.802. The van der Waals surface area contributed by atoms with Crippen LogP contribution in [-0.2, 0) is 0 Å². The zero-order valence-corrected chi connectivity index (χ0v) is 14.0. The smallest absolute Gasteiger partial charge is 0.119 e. The molecule has 2 rings (SSSR count). The summed E-state index contributed by atoms with van der Waals surface area (Å²) in [5.41, 5.74) is 8.65. The van der Waals surface area contributed by atoms with E-state index >= 15 is 0 Å². The van der Waals surface area contributed by atoms with Gasteiger partial charge in [0.1, 0.15) is 5.75 Å². The van der Waals surface area contributed by atoms with E-state index in [1.807, 2.05) is 30.3 Å². The highest BCUT2D eigenvalue weighted by Gasteiger charge is 2.11. The van der Waals surface area contributed by atoms with Crippen molar-refractivity contribution in [3.05, 3.63) is 58.1 Å². The minimum atomic E-state index is 0.0120. The molecular formula is C16H18BrNOS. The molecule has 0 aliphatic carbocycles. The summed E-state index contributed by atoms with van der Waals surface area (Å²) in [5, 5.41) is 0. The lowest BCUT2D eigenvalue weighted by Crippen LogP contribution is -2.14. The molecule has 20 heavy (non-hydrogen) atoms. The summed E-state index contributed by atoms with van der Waals surface area (Å²) in [5.74, 6) is 1.72. The zero-order chi connectivity index (χ0) is 14.5. The fourth-order valence-corrected chi connectivity index (χ4v) is 3.57. The number of aryl methyl sites for hydroxylation is 1. The van der Waals surface area contributed by atoms with Crippen LogP contribution < -0.4 is 10.5 Å². The van der Waals surface area contributed by atoms with Gasteiger partial charge in [-0.3, -0.25) is 0 Å². The summed E-state index contributed by atoms with van der Waals surface area (Å²) in [7, 11) is 1.68. The second-order valence-electron chi connectivity index (χ2n) is 4.57. The van der Waals surface area contributed by atoms with Crippen molar-refractivity contribution in [2.24, 2.45) is 5.73 Å². The summed E-state index contributed by atoms with van der Waals surface area (Å²) < 4.78 is 6.34. The van der Waals surface area contributed by atoms with Crippen LogP contribution in [-0.4, -0.2) is 12.9 Å². The number of ether oxygens (including phenoxy) is 1. The van der Waals surface area contributed by atoms with Crippen molar-refractivity contribution in [3.63, 3.8) is 0 Å². The molecule has 0 radical (unpaired) electrons. The van der Waals surface area contributed by atoms with Crippen molar-refractivity contribution in [1.82, 2.24) is 0 Å². The maximum absolute atomic E-state index is 6.31. The van der Waals surface area contributed by atoms with Gasteiger partial charge < -0.3 is 10.5 Å². The molecule has 0 saturated heterocycles. The molecule has 0 fully saturated rings. The second-order valence-corrected chi connectivity index (χ2v) is 6.49. The van der Waals surface area contributed by atoms with Crippen molar-refractivity contribution >= 4 is 27.7 Å². The number of rotatable bonds is 5. The highest BCUT2D eigenvalue weighted by molar-refractivity contribution is 9.10. The summed E-state index contributed by atoms with van der Waals surface area (Å²) >= 11 is 5.32. The first-order valence-electron chi connectivity index (χ1n) is 6.39. The Labute approximate surface area is 132 Å². The van der Waals surface area contributed by atoms with Crippen LogP contribution in [0, 0.1) is 6.92 Å². The molecule has 4 heteroatoms. The standard InChI is InChI=1S/C16H18BrNOS/c1-11-9-12(19-2)7-8-13(11)15(18)10-20-16-6-4-3-5-14(16)17/h3-9,15H,10,18H2,1-2H3. The molecule has 0 bridgehead atoms. The van der Waals surface area contributed by atoms with Crippen LogP contribution >= 0.6 is 27.7 Å². The van der Waals surface area contributed by atoms with E-state index in [0.717, 1.165) is 16.0 Å². The maximum Gasteiger partial charge on any atom is 0.119 e. The molecular weight excluding hydrogens is 334 g/mol. The van der Waals surface area contributed by atoms with Gasteiger partial charge in [0.25, 0.3) is 0 Å². The van der Waals surface area contributed by atoms with Gasteiger partial charge in [0, 0.05) is 21.2 Å². The molecule has 106 valence electrons. The summed E-state index contributed by atoms with van der Waals surface area (Å²) in [4.78, 5) is 1.22. The van der Waals surface area contributed by atoms with Gasteiger partial charge in [0.15, 0.2) is 0 Å². The summed E-state index contributed by atoms with van der Waals surface area (Å²) in [6.45, 7) is 2.07. The van der Waals surface area contributed by atoms with E-state index in [2.05, 4.69) is 35.0 Å². The lowest BCUT2D eigenvalue weighted by Gasteiger charge is -2.15. The van der Waals surface area contributed by atoms with Crippen LogP contribution in [0.5, 0.6) is 5.75 Å². The first-order valence-corrected chi connectivity index (χ1v) is 8.17. The van der Waals surface area contributed by atoms with Gasteiger partial charge in [-0.15, -0.1) is 11.8 Å². The Morgan fingerprint density at radius 1 is 1.25 bits per heavy atom. The van der Waals surface area contributed by atoms with E-state index < -0.39 is 0 Å². The lowest BCUT2D eigenvalue weighted by molar-refractivity contribution is 0.414. The van der Waals surface area contributed by atoms with Crippen LogP contribution in [0.25, 0.3) is 0 Å². The molecule has 0 aromatic heterocycles. The number of benzene rings is 2. The average molecular weight is 352 g/mol. The van der Waals surface area contributed by atoms with Crippen molar-refractivity contribution in [2.75, 3.05) is 12.9 Å². The van der Waals surface area contributed by atoms with E-state index in [1.54, 1.807) is 18.9 Å². The zero-order valence-electron chi connectivity index (χ0n) is 11.6. The number of nitrogens with two attached hydrogens (primary N) is 1. The maximum atomic E-state index is 6.31. The van der Waals surface area contributed by atoms with E-state index in [1.165, 1.54) is 16.0 Å². The van der Waals surface area contributed by atoms with E-state index in [0.29, 0.717) is 0 Å². The fraction of sp³-hybridized carbons (Fsp3) is 0.250. The van der Waals surface area contributed by atoms with Crippen LogP contribution in [0.15, 0.2) is 51.8 Å². The SMILES string of the molecule is COc1ccc(C(N)CSc2ccccc2Br)c(C)c1. The normalized spacial score (nSPS) is 12.2. The van der Waals surface area contributed by atoms with Gasteiger partial charge in [-0.1, -0.05) is 18.2 Å². The predicted molar refractivity (Wildman–Crippen MR) is 89.5 cm³/mol. The fourth-order valence-electron chi connectivity index (χ4n) is 2.02. The van der Waals surface area contributed by atoms with Gasteiger partial charge in [-0.05, 0) is 58.2 Å². The Morgan fingerprint density at radius 3 is 2.65 bits per heavy atom. The monoisotopic (exact) mass is 351 g/mol. The summed E-state index contributed by atoms with van der Waals surface area (Å²) in [6, 6.07) is 14.3. The lowest BCUT2D eigenvalue weighted by atomic mass is 10.0. The molecule has 2 aromatic rings. The van der Waals surface area contributed by atoms with Crippen LogP contribution in [0.4, 0.5) is 0 Å². The highest BCUT2D eigenvalue weighted by Crippen LogP contribution is 2.31. The topological polar surface area (TPSA) is 35.2 Å². The highest BCUT2D eigenvalue weighted by atomic mass is 79.9. The van der Waals surface area contributed by atoms with E-state index in [9.17, 15) is 0 Å². The second kappa shape index (κ2) is 7.16. The molecule has 1 atom stereocenters. The van der Waals surface area contributed by atoms with Crippen molar-refractivity contribution in [2.45, 2.75) is 17.9 Å². The van der Waals surface area contributed by atoms with Gasteiger partial charge >= 0.3 is 0 Å². The third-order valence-electron chi connectivity index (χ3n) is 3.13. The van der Waals surface area contributed by atoms with Gasteiger partial charge in [0.2, 0.25) is 0 Å². The molecule has 0 saturated carbocycles. The van der Waals surface area contributed by atoms with Crippen molar-refractivity contribution in [3.8, 4) is 5.75 Å². The van der Waals surface area contributed by atoms with Crippen LogP contribution in [0.1, 0.15) is 17.2 Å². The molecule has 1 unspecified atom stereocenters. The molecule has 2 aromatic carbocycles. The van der Waals surface area contributed by atoms with Gasteiger partial charge in [-0.25, -0.2) is 0 Å². The molecule has 2 N–H and O–H groups in total. The first kappa shape index (κ1) is 15.4. The molecule has 0 aliphatic heterocycles. The third-order valence-corrected chi connectivity index (χ3v) is 5.28. The minimum Gasteiger partial charge on any atom is -0.497 e. The van der Waals surface area contributed by atoms with Gasteiger partial charge in [0.05, 0.1) is 7.11 Å². The molecule has 0 amide bonds. The largest absolute Gasteiger partial charge is 0.497 e. The molecule has 0 aliphatic rings. The van der Waals surface area contributed by atoms with Crippen LogP contribution in [0.2, 0.25) is 0 Å². The van der Waals surface area contributed by atoms with Crippen molar-refractivity contribution in [1.29, 1.82) is 0 Å². The molecule has 0 heterocycles. The van der Waals surface area contributed by atoms with E-state index in [-0.39, 0.29) is 6.04 Å².